The van der Waals surface area contributed by atoms with Crippen LogP contribution in [0.1, 0.15) is 37.5 Å². The molecule has 2 aromatic carbocycles. The van der Waals surface area contributed by atoms with E-state index in [0.29, 0.717) is 18.0 Å². The van der Waals surface area contributed by atoms with Gasteiger partial charge in [0.25, 0.3) is 0 Å². The van der Waals surface area contributed by atoms with Crippen LogP contribution < -0.4 is 5.32 Å². The van der Waals surface area contributed by atoms with Crippen LogP contribution in [0.15, 0.2) is 48.5 Å². The summed E-state index contributed by atoms with van der Waals surface area (Å²) in [5, 5.41) is 3.60. The van der Waals surface area contributed by atoms with Gasteiger partial charge in [0.05, 0.1) is 6.42 Å². The molecule has 2 aromatic rings. The topological polar surface area (TPSA) is 29.1 Å². The minimum Gasteiger partial charge on any atom is -0.352 e. The minimum absolute atomic E-state index is 0.00200. The molecule has 2 rings (SSSR count). The van der Waals surface area contributed by atoms with Gasteiger partial charge in [-0.1, -0.05) is 68.8 Å². The second-order valence-corrected chi connectivity index (χ2v) is 6.97. The SMILES string of the molecule is CC(C)(C)c1ccc(CNC(=O)Cc2cccc(Cl)c2)cc1. The summed E-state index contributed by atoms with van der Waals surface area (Å²) >= 11 is 5.92. The lowest BCUT2D eigenvalue weighted by molar-refractivity contribution is -0.120. The Kier molecular flexibility index (Phi) is 5.25. The predicted molar refractivity (Wildman–Crippen MR) is 92.1 cm³/mol. The summed E-state index contributed by atoms with van der Waals surface area (Å²) in [6.07, 6.45) is 0.348. The Hall–Kier alpha value is -1.80. The van der Waals surface area contributed by atoms with E-state index < -0.39 is 0 Å². The van der Waals surface area contributed by atoms with Crippen molar-refractivity contribution in [3.8, 4) is 0 Å². The molecule has 0 aliphatic heterocycles. The number of amides is 1. The zero-order valence-corrected chi connectivity index (χ0v) is 14.1. The van der Waals surface area contributed by atoms with E-state index in [4.69, 9.17) is 11.6 Å². The molecule has 0 fully saturated rings. The standard InChI is InChI=1S/C19H22ClNO/c1-19(2,3)16-9-7-14(8-10-16)13-21-18(22)12-15-5-4-6-17(20)11-15/h4-11H,12-13H2,1-3H3,(H,21,22). The molecule has 0 atom stereocenters. The zero-order chi connectivity index (χ0) is 16.2. The molecular weight excluding hydrogens is 294 g/mol. The van der Waals surface area contributed by atoms with Gasteiger partial charge in [-0.05, 0) is 34.2 Å². The summed E-state index contributed by atoms with van der Waals surface area (Å²) in [7, 11) is 0. The van der Waals surface area contributed by atoms with E-state index in [0.717, 1.165) is 11.1 Å². The van der Waals surface area contributed by atoms with Crippen molar-refractivity contribution in [2.75, 3.05) is 0 Å². The highest BCUT2D eigenvalue weighted by atomic mass is 35.5. The van der Waals surface area contributed by atoms with E-state index in [9.17, 15) is 4.79 Å². The summed E-state index contributed by atoms with van der Waals surface area (Å²) in [5.74, 6) is 0.00200. The molecule has 1 amide bonds. The van der Waals surface area contributed by atoms with E-state index in [1.807, 2.05) is 18.2 Å². The average molecular weight is 316 g/mol. The number of hydrogen-bond donors (Lipinski definition) is 1. The number of carbonyl (C=O) groups excluding carboxylic acids is 1. The Morgan fingerprint density at radius 2 is 1.73 bits per heavy atom. The maximum atomic E-state index is 12.0. The van der Waals surface area contributed by atoms with Gasteiger partial charge in [0.2, 0.25) is 5.91 Å². The minimum atomic E-state index is 0.00200. The summed E-state index contributed by atoms with van der Waals surface area (Å²) in [4.78, 5) is 12.0. The van der Waals surface area contributed by atoms with Crippen molar-refractivity contribution in [3.05, 3.63) is 70.2 Å². The first-order valence-electron chi connectivity index (χ1n) is 7.45. The lowest BCUT2D eigenvalue weighted by Gasteiger charge is -2.19. The Bertz CT molecular complexity index is 641. The smallest absolute Gasteiger partial charge is 0.224 e. The number of halogens is 1. The Balaban J connectivity index is 1.88. The molecule has 0 spiro atoms. The van der Waals surface area contributed by atoms with Crippen molar-refractivity contribution in [3.63, 3.8) is 0 Å². The van der Waals surface area contributed by atoms with Crippen molar-refractivity contribution < 1.29 is 4.79 Å². The summed E-state index contributed by atoms with van der Waals surface area (Å²) in [6.45, 7) is 7.11. The normalized spacial score (nSPS) is 11.3. The van der Waals surface area contributed by atoms with Crippen LogP contribution >= 0.6 is 11.6 Å². The third-order valence-electron chi connectivity index (χ3n) is 3.56. The van der Waals surface area contributed by atoms with Gasteiger partial charge in [0.15, 0.2) is 0 Å². The van der Waals surface area contributed by atoms with Crippen LogP contribution in [0.4, 0.5) is 0 Å². The molecule has 2 nitrogen and oxygen atoms in total. The molecule has 0 bridgehead atoms. The lowest BCUT2D eigenvalue weighted by Crippen LogP contribution is -2.24. The Morgan fingerprint density at radius 1 is 1.05 bits per heavy atom. The second-order valence-electron chi connectivity index (χ2n) is 6.53. The Morgan fingerprint density at radius 3 is 2.32 bits per heavy atom. The summed E-state index contributed by atoms with van der Waals surface area (Å²) in [6, 6.07) is 15.8. The van der Waals surface area contributed by atoms with Gasteiger partial charge >= 0.3 is 0 Å². The number of carbonyl (C=O) groups is 1. The van der Waals surface area contributed by atoms with Crippen molar-refractivity contribution in [2.24, 2.45) is 0 Å². The van der Waals surface area contributed by atoms with Gasteiger partial charge in [0, 0.05) is 11.6 Å². The van der Waals surface area contributed by atoms with Crippen LogP contribution in [-0.4, -0.2) is 5.91 Å². The predicted octanol–water partition coefficient (Wildman–Crippen LogP) is 4.50. The molecule has 0 saturated carbocycles. The van der Waals surface area contributed by atoms with E-state index >= 15 is 0 Å². The van der Waals surface area contributed by atoms with Gasteiger partial charge < -0.3 is 5.32 Å². The molecule has 116 valence electrons. The summed E-state index contributed by atoms with van der Waals surface area (Å²) < 4.78 is 0. The molecule has 0 heterocycles. The molecular formula is C19H22ClNO. The van der Waals surface area contributed by atoms with E-state index in [1.165, 1.54) is 5.56 Å². The van der Waals surface area contributed by atoms with Gasteiger partial charge in [0.1, 0.15) is 0 Å². The maximum Gasteiger partial charge on any atom is 0.224 e. The number of nitrogens with one attached hydrogen (secondary N) is 1. The molecule has 0 radical (unpaired) electrons. The van der Waals surface area contributed by atoms with E-state index in [2.05, 4.69) is 50.4 Å². The van der Waals surface area contributed by atoms with Crippen LogP contribution in [0.25, 0.3) is 0 Å². The largest absolute Gasteiger partial charge is 0.352 e. The van der Waals surface area contributed by atoms with Crippen molar-refractivity contribution in [1.29, 1.82) is 0 Å². The molecule has 3 heteroatoms. The van der Waals surface area contributed by atoms with Gasteiger partial charge in [-0.3, -0.25) is 4.79 Å². The maximum absolute atomic E-state index is 12.0. The van der Waals surface area contributed by atoms with E-state index in [-0.39, 0.29) is 11.3 Å². The highest BCUT2D eigenvalue weighted by Gasteiger charge is 2.12. The second kappa shape index (κ2) is 6.97. The van der Waals surface area contributed by atoms with Crippen molar-refractivity contribution in [2.45, 2.75) is 39.2 Å². The van der Waals surface area contributed by atoms with Crippen LogP contribution in [0.2, 0.25) is 5.02 Å². The summed E-state index contributed by atoms with van der Waals surface area (Å²) in [5.41, 5.74) is 3.47. The van der Waals surface area contributed by atoms with Crippen LogP contribution in [0.3, 0.4) is 0 Å². The lowest BCUT2D eigenvalue weighted by atomic mass is 9.87. The van der Waals surface area contributed by atoms with Crippen molar-refractivity contribution >= 4 is 17.5 Å². The van der Waals surface area contributed by atoms with Gasteiger partial charge in [-0.2, -0.15) is 0 Å². The Labute approximate surface area is 137 Å². The highest BCUT2D eigenvalue weighted by Crippen LogP contribution is 2.22. The van der Waals surface area contributed by atoms with E-state index in [1.54, 1.807) is 6.07 Å². The fourth-order valence-corrected chi connectivity index (χ4v) is 2.43. The van der Waals surface area contributed by atoms with Gasteiger partial charge in [-0.25, -0.2) is 0 Å². The first kappa shape index (κ1) is 16.6. The fraction of sp³-hybridized carbons (Fsp3) is 0.316. The quantitative estimate of drug-likeness (QED) is 0.884. The fourth-order valence-electron chi connectivity index (χ4n) is 2.22. The van der Waals surface area contributed by atoms with Crippen LogP contribution in [-0.2, 0) is 23.2 Å². The highest BCUT2D eigenvalue weighted by molar-refractivity contribution is 6.30. The molecule has 0 saturated heterocycles. The van der Waals surface area contributed by atoms with Crippen molar-refractivity contribution in [1.82, 2.24) is 5.32 Å². The molecule has 0 unspecified atom stereocenters. The zero-order valence-electron chi connectivity index (χ0n) is 13.3. The first-order valence-corrected chi connectivity index (χ1v) is 7.83. The number of rotatable bonds is 4. The third-order valence-corrected chi connectivity index (χ3v) is 3.80. The molecule has 0 aromatic heterocycles. The van der Waals surface area contributed by atoms with Crippen LogP contribution in [0, 0.1) is 0 Å². The molecule has 0 aliphatic carbocycles. The number of hydrogen-bond acceptors (Lipinski definition) is 1. The monoisotopic (exact) mass is 315 g/mol. The first-order chi connectivity index (χ1) is 10.3. The van der Waals surface area contributed by atoms with Crippen LogP contribution in [0.5, 0.6) is 0 Å². The average Bonchev–Trinajstić information content (AvgIpc) is 2.45. The third kappa shape index (κ3) is 4.88. The number of benzene rings is 2. The molecule has 0 aliphatic rings. The van der Waals surface area contributed by atoms with Gasteiger partial charge in [-0.15, -0.1) is 0 Å². The molecule has 1 N–H and O–H groups in total. The molecule has 22 heavy (non-hydrogen) atoms.